The average molecular weight is 360 g/mol. The topological polar surface area (TPSA) is 64.0 Å². The quantitative estimate of drug-likeness (QED) is 0.912. The minimum absolute atomic E-state index is 0.0942. The van der Waals surface area contributed by atoms with Crippen LogP contribution < -0.4 is 10.7 Å². The van der Waals surface area contributed by atoms with E-state index in [9.17, 15) is 9.59 Å². The number of benzene rings is 1. The van der Waals surface area contributed by atoms with Crippen molar-refractivity contribution in [3.63, 3.8) is 0 Å². The fraction of sp³-hybridized carbons (Fsp3) is 0.421. The molecule has 2 aromatic rings. The Kier molecular flexibility index (Phi) is 5.23. The smallest absolute Gasteiger partial charge is 0.276 e. The number of nitrogens with zero attached hydrogens (tertiary/aromatic N) is 2. The minimum atomic E-state index is -0.412. The van der Waals surface area contributed by atoms with Crippen molar-refractivity contribution < 1.29 is 4.79 Å². The Balaban J connectivity index is 1.94. The Morgan fingerprint density at radius 1 is 1.28 bits per heavy atom. The van der Waals surface area contributed by atoms with Crippen molar-refractivity contribution in [1.29, 1.82) is 0 Å². The zero-order chi connectivity index (χ0) is 18.0. The summed E-state index contributed by atoms with van der Waals surface area (Å²) in [5.41, 5.74) is 0.799. The summed E-state index contributed by atoms with van der Waals surface area (Å²) in [5.74, 6) is -0.00139. The van der Waals surface area contributed by atoms with E-state index < -0.39 is 5.91 Å². The average Bonchev–Trinajstić information content (AvgIpc) is 2.58. The van der Waals surface area contributed by atoms with E-state index in [0.29, 0.717) is 22.3 Å². The molecule has 3 rings (SSSR count). The van der Waals surface area contributed by atoms with Crippen LogP contribution in [-0.4, -0.2) is 21.7 Å². The summed E-state index contributed by atoms with van der Waals surface area (Å²) in [6.07, 6.45) is 4.32. The number of para-hydroxylation sites is 1. The molecule has 1 fully saturated rings. The number of hydrogen-bond acceptors (Lipinski definition) is 3. The van der Waals surface area contributed by atoms with Crippen molar-refractivity contribution >= 4 is 17.5 Å². The molecule has 0 saturated heterocycles. The summed E-state index contributed by atoms with van der Waals surface area (Å²) >= 11 is 6.24. The Hall–Kier alpha value is -2.14. The Labute approximate surface area is 152 Å². The molecule has 132 valence electrons. The fourth-order valence-electron chi connectivity index (χ4n) is 3.34. The number of carbonyl (C=O) groups excluding carboxylic acids is 1. The van der Waals surface area contributed by atoms with Gasteiger partial charge in [0.05, 0.1) is 10.7 Å². The minimum Gasteiger partial charge on any atom is -0.348 e. The third-order valence-corrected chi connectivity index (χ3v) is 5.15. The van der Waals surface area contributed by atoms with Crippen molar-refractivity contribution in [2.45, 2.75) is 45.6 Å². The number of aromatic nitrogens is 2. The van der Waals surface area contributed by atoms with Gasteiger partial charge in [-0.2, -0.15) is 5.10 Å². The van der Waals surface area contributed by atoms with Gasteiger partial charge >= 0.3 is 0 Å². The highest BCUT2D eigenvalue weighted by atomic mass is 35.5. The Morgan fingerprint density at radius 2 is 2.00 bits per heavy atom. The number of rotatable bonds is 3. The van der Waals surface area contributed by atoms with Crippen LogP contribution in [0.2, 0.25) is 5.02 Å². The summed E-state index contributed by atoms with van der Waals surface area (Å²) in [7, 11) is 0. The first kappa shape index (κ1) is 17.7. The van der Waals surface area contributed by atoms with Crippen LogP contribution in [0.5, 0.6) is 0 Å². The van der Waals surface area contributed by atoms with Crippen molar-refractivity contribution in [3.8, 4) is 5.69 Å². The third kappa shape index (κ3) is 3.76. The molecule has 1 aromatic heterocycles. The van der Waals surface area contributed by atoms with Crippen molar-refractivity contribution in [2.75, 3.05) is 0 Å². The third-order valence-electron chi connectivity index (χ3n) is 4.83. The van der Waals surface area contributed by atoms with Crippen molar-refractivity contribution in [3.05, 3.63) is 57.0 Å². The van der Waals surface area contributed by atoms with E-state index >= 15 is 0 Å². The van der Waals surface area contributed by atoms with Gasteiger partial charge in [-0.1, -0.05) is 43.5 Å². The highest BCUT2D eigenvalue weighted by Crippen LogP contribution is 2.24. The van der Waals surface area contributed by atoms with Gasteiger partial charge in [-0.3, -0.25) is 9.59 Å². The van der Waals surface area contributed by atoms with Crippen LogP contribution in [0.15, 0.2) is 35.1 Å². The van der Waals surface area contributed by atoms with Gasteiger partial charge in [0.2, 0.25) is 5.43 Å². The molecule has 0 unspecified atom stereocenters. The van der Waals surface area contributed by atoms with E-state index in [2.05, 4.69) is 17.3 Å². The van der Waals surface area contributed by atoms with Gasteiger partial charge in [-0.25, -0.2) is 4.68 Å². The molecule has 1 aromatic carbocycles. The van der Waals surface area contributed by atoms with Crippen molar-refractivity contribution in [2.24, 2.45) is 5.92 Å². The van der Waals surface area contributed by atoms with Crippen LogP contribution >= 0.6 is 11.6 Å². The molecule has 5 nitrogen and oxygen atoms in total. The van der Waals surface area contributed by atoms with Gasteiger partial charge in [0.15, 0.2) is 5.69 Å². The molecular weight excluding hydrogens is 338 g/mol. The summed E-state index contributed by atoms with van der Waals surface area (Å²) in [5, 5.41) is 7.80. The normalized spacial score (nSPS) is 20.3. The van der Waals surface area contributed by atoms with E-state index in [1.165, 1.54) is 12.5 Å². The molecule has 0 aliphatic heterocycles. The predicted molar refractivity (Wildman–Crippen MR) is 98.5 cm³/mol. The molecule has 1 aliphatic rings. The predicted octanol–water partition coefficient (Wildman–Crippen LogP) is 3.50. The second-order valence-electron chi connectivity index (χ2n) is 6.70. The van der Waals surface area contributed by atoms with Crippen LogP contribution in [0.1, 0.15) is 48.8 Å². The zero-order valence-corrected chi connectivity index (χ0v) is 15.2. The monoisotopic (exact) mass is 359 g/mol. The van der Waals surface area contributed by atoms with Gasteiger partial charge in [-0.15, -0.1) is 0 Å². The number of halogens is 1. The lowest BCUT2D eigenvalue weighted by Gasteiger charge is -2.29. The van der Waals surface area contributed by atoms with Gasteiger partial charge in [-0.05, 0) is 37.8 Å². The molecule has 25 heavy (non-hydrogen) atoms. The number of amides is 1. The molecule has 1 amide bonds. The second kappa shape index (κ2) is 7.40. The van der Waals surface area contributed by atoms with E-state index in [1.54, 1.807) is 23.7 Å². The highest BCUT2D eigenvalue weighted by molar-refractivity contribution is 6.32. The Bertz CT molecular complexity index is 847. The molecule has 0 radical (unpaired) electrons. The van der Waals surface area contributed by atoms with Crippen LogP contribution in [0.3, 0.4) is 0 Å². The summed E-state index contributed by atoms with van der Waals surface area (Å²) < 4.78 is 1.54. The maximum absolute atomic E-state index is 12.6. The largest absolute Gasteiger partial charge is 0.348 e. The lowest BCUT2D eigenvalue weighted by atomic mass is 9.86. The first-order valence-electron chi connectivity index (χ1n) is 8.64. The van der Waals surface area contributed by atoms with Crippen LogP contribution in [0, 0.1) is 12.8 Å². The lowest BCUT2D eigenvalue weighted by Crippen LogP contribution is -2.43. The maximum atomic E-state index is 12.6. The SMILES string of the molecule is Cc1cc(=O)c(C(=O)N[C@@H]2CCCC[C@@H]2C)nn1-c1ccccc1Cl. The fourth-order valence-corrected chi connectivity index (χ4v) is 3.56. The molecular formula is C19H22ClN3O2. The standard InChI is InChI=1S/C19H22ClN3O2/c1-12-7-3-5-9-15(12)21-19(25)18-17(24)11-13(2)23(22-18)16-10-6-4-8-14(16)20/h4,6,8,10-12,15H,3,5,7,9H2,1-2H3,(H,21,25)/t12-,15+/m0/s1. The number of hydrogen-bond donors (Lipinski definition) is 1. The first-order chi connectivity index (χ1) is 12.0. The van der Waals surface area contributed by atoms with Gasteiger partial charge in [0.25, 0.3) is 5.91 Å². The number of carbonyl (C=O) groups is 1. The number of aryl methyl sites for hydroxylation is 1. The molecule has 6 heteroatoms. The lowest BCUT2D eigenvalue weighted by molar-refractivity contribution is 0.0902. The van der Waals surface area contributed by atoms with E-state index in [4.69, 9.17) is 11.6 Å². The Morgan fingerprint density at radius 3 is 2.72 bits per heavy atom. The van der Waals surface area contributed by atoms with E-state index in [-0.39, 0.29) is 17.2 Å². The van der Waals surface area contributed by atoms with Crippen molar-refractivity contribution in [1.82, 2.24) is 15.1 Å². The molecule has 1 aliphatic carbocycles. The molecule has 2 atom stereocenters. The molecule has 0 spiro atoms. The maximum Gasteiger partial charge on any atom is 0.276 e. The summed E-state index contributed by atoms with van der Waals surface area (Å²) in [4.78, 5) is 24.9. The summed E-state index contributed by atoms with van der Waals surface area (Å²) in [6, 6.07) is 8.73. The zero-order valence-electron chi connectivity index (χ0n) is 14.5. The second-order valence-corrected chi connectivity index (χ2v) is 7.11. The van der Waals surface area contributed by atoms with Gasteiger partial charge in [0.1, 0.15) is 0 Å². The van der Waals surface area contributed by atoms with Crippen LogP contribution in [0.25, 0.3) is 5.69 Å². The van der Waals surface area contributed by atoms with Crippen LogP contribution in [-0.2, 0) is 0 Å². The molecule has 0 bridgehead atoms. The van der Waals surface area contributed by atoms with Crippen LogP contribution in [0.4, 0.5) is 0 Å². The molecule has 1 N–H and O–H groups in total. The van der Waals surface area contributed by atoms with Gasteiger partial charge in [0, 0.05) is 17.8 Å². The molecule has 1 heterocycles. The highest BCUT2D eigenvalue weighted by Gasteiger charge is 2.25. The number of nitrogens with one attached hydrogen (secondary N) is 1. The molecule has 1 saturated carbocycles. The van der Waals surface area contributed by atoms with Gasteiger partial charge < -0.3 is 5.32 Å². The van der Waals surface area contributed by atoms with E-state index in [1.807, 2.05) is 12.1 Å². The summed E-state index contributed by atoms with van der Waals surface area (Å²) in [6.45, 7) is 3.90. The first-order valence-corrected chi connectivity index (χ1v) is 9.02. The van der Waals surface area contributed by atoms with E-state index in [0.717, 1.165) is 19.3 Å².